The van der Waals surface area contributed by atoms with E-state index in [-0.39, 0.29) is 0 Å². The molecule has 3 heterocycles. The lowest BCUT2D eigenvalue weighted by atomic mass is 10.1. The van der Waals surface area contributed by atoms with Gasteiger partial charge in [-0.15, -0.1) is 0 Å². The number of fused-ring (bicyclic) bond motifs is 3. The molecule has 3 aromatic rings. The SMILES string of the molecule is CCCCCc1cc2c(nc3ccccn32)c(CC)n1. The van der Waals surface area contributed by atoms with E-state index in [4.69, 9.17) is 9.97 Å². The Morgan fingerprint density at radius 1 is 1.10 bits per heavy atom. The molecule has 0 N–H and O–H groups in total. The molecule has 0 aliphatic rings. The summed E-state index contributed by atoms with van der Waals surface area (Å²) in [5, 5.41) is 0. The minimum Gasteiger partial charge on any atom is -0.300 e. The van der Waals surface area contributed by atoms with Crippen LogP contribution in [-0.4, -0.2) is 14.4 Å². The minimum atomic E-state index is 0.933. The maximum absolute atomic E-state index is 4.81. The van der Waals surface area contributed by atoms with Crippen molar-refractivity contribution in [3.8, 4) is 0 Å². The molecule has 3 aromatic heterocycles. The van der Waals surface area contributed by atoms with Gasteiger partial charge in [-0.05, 0) is 37.5 Å². The monoisotopic (exact) mass is 267 g/mol. The van der Waals surface area contributed by atoms with Crippen molar-refractivity contribution in [2.24, 2.45) is 0 Å². The van der Waals surface area contributed by atoms with Gasteiger partial charge in [0.25, 0.3) is 0 Å². The number of rotatable bonds is 5. The Kier molecular flexibility index (Phi) is 3.68. The molecule has 3 heteroatoms. The normalized spacial score (nSPS) is 11.5. The average Bonchev–Trinajstić information content (AvgIpc) is 2.85. The molecule has 0 aliphatic carbocycles. The van der Waals surface area contributed by atoms with E-state index in [9.17, 15) is 0 Å². The molecule has 0 amide bonds. The number of hydrogen-bond acceptors (Lipinski definition) is 2. The number of nitrogens with zero attached hydrogens (tertiary/aromatic N) is 3. The van der Waals surface area contributed by atoms with Crippen molar-refractivity contribution in [1.82, 2.24) is 14.4 Å². The predicted molar refractivity (Wildman–Crippen MR) is 83.1 cm³/mol. The Labute approximate surface area is 119 Å². The van der Waals surface area contributed by atoms with Gasteiger partial charge in [-0.3, -0.25) is 9.38 Å². The van der Waals surface area contributed by atoms with Crippen LogP contribution in [0.2, 0.25) is 0 Å². The van der Waals surface area contributed by atoms with Gasteiger partial charge in [0.05, 0.1) is 11.2 Å². The highest BCUT2D eigenvalue weighted by molar-refractivity contribution is 5.82. The van der Waals surface area contributed by atoms with Crippen molar-refractivity contribution in [2.45, 2.75) is 46.0 Å². The van der Waals surface area contributed by atoms with Gasteiger partial charge in [-0.1, -0.05) is 32.8 Å². The molecule has 0 saturated carbocycles. The Morgan fingerprint density at radius 2 is 2.00 bits per heavy atom. The van der Waals surface area contributed by atoms with Gasteiger partial charge in [0.1, 0.15) is 11.2 Å². The number of imidazole rings is 1. The molecule has 0 saturated heterocycles. The maximum Gasteiger partial charge on any atom is 0.137 e. The first-order valence-electron chi connectivity index (χ1n) is 7.59. The third kappa shape index (κ3) is 2.28. The first-order valence-corrected chi connectivity index (χ1v) is 7.59. The minimum absolute atomic E-state index is 0.933. The van der Waals surface area contributed by atoms with E-state index in [2.05, 4.69) is 42.6 Å². The summed E-state index contributed by atoms with van der Waals surface area (Å²) in [7, 11) is 0. The number of aromatic nitrogens is 3. The average molecular weight is 267 g/mol. The van der Waals surface area contributed by atoms with Crippen molar-refractivity contribution >= 4 is 16.7 Å². The molecule has 0 bridgehead atoms. The molecule has 3 rings (SSSR count). The Hall–Kier alpha value is -1.90. The Bertz CT molecular complexity index is 728. The maximum atomic E-state index is 4.81. The van der Waals surface area contributed by atoms with Crippen LogP contribution < -0.4 is 0 Å². The molecule has 0 aliphatic heterocycles. The second kappa shape index (κ2) is 5.61. The van der Waals surface area contributed by atoms with Gasteiger partial charge in [0.2, 0.25) is 0 Å². The molecular weight excluding hydrogens is 246 g/mol. The summed E-state index contributed by atoms with van der Waals surface area (Å²) in [6, 6.07) is 8.35. The molecule has 0 radical (unpaired) electrons. The standard InChI is InChI=1S/C17H21N3/c1-3-5-6-9-13-12-15-17(14(4-2)18-13)19-16-10-7-8-11-20(15)16/h7-8,10-12H,3-6,9H2,1-2H3. The van der Waals surface area contributed by atoms with Crippen molar-refractivity contribution in [3.63, 3.8) is 0 Å². The lowest BCUT2D eigenvalue weighted by Crippen LogP contribution is -1.97. The van der Waals surface area contributed by atoms with Crippen LogP contribution in [0.3, 0.4) is 0 Å². The van der Waals surface area contributed by atoms with Crippen LogP contribution in [0.1, 0.15) is 44.5 Å². The summed E-state index contributed by atoms with van der Waals surface area (Å²) in [5.74, 6) is 0. The molecule has 0 atom stereocenters. The second-order valence-corrected chi connectivity index (χ2v) is 5.28. The van der Waals surface area contributed by atoms with E-state index in [1.807, 2.05) is 6.07 Å². The summed E-state index contributed by atoms with van der Waals surface area (Å²) < 4.78 is 2.17. The van der Waals surface area contributed by atoms with Crippen molar-refractivity contribution < 1.29 is 0 Å². The van der Waals surface area contributed by atoms with Crippen LogP contribution in [0.4, 0.5) is 0 Å². The van der Waals surface area contributed by atoms with E-state index in [0.29, 0.717) is 0 Å². The van der Waals surface area contributed by atoms with E-state index >= 15 is 0 Å². The largest absolute Gasteiger partial charge is 0.300 e. The molecule has 0 spiro atoms. The first-order chi connectivity index (χ1) is 9.83. The number of pyridine rings is 2. The highest BCUT2D eigenvalue weighted by Crippen LogP contribution is 2.21. The van der Waals surface area contributed by atoms with E-state index < -0.39 is 0 Å². The molecule has 3 nitrogen and oxygen atoms in total. The summed E-state index contributed by atoms with van der Waals surface area (Å²) in [6.07, 6.45) is 7.82. The van der Waals surface area contributed by atoms with Crippen LogP contribution in [-0.2, 0) is 12.8 Å². The Morgan fingerprint density at radius 3 is 2.80 bits per heavy atom. The topological polar surface area (TPSA) is 30.2 Å². The molecular formula is C17H21N3. The summed E-state index contributed by atoms with van der Waals surface area (Å²) in [4.78, 5) is 9.53. The predicted octanol–water partition coefficient (Wildman–Crippen LogP) is 4.18. The third-order valence-corrected chi connectivity index (χ3v) is 3.79. The molecule has 20 heavy (non-hydrogen) atoms. The smallest absolute Gasteiger partial charge is 0.137 e. The Balaban J connectivity index is 2.12. The molecule has 0 aromatic carbocycles. The summed E-state index contributed by atoms with van der Waals surface area (Å²) in [5.41, 5.74) is 5.58. The van der Waals surface area contributed by atoms with Crippen molar-refractivity contribution in [3.05, 3.63) is 41.9 Å². The van der Waals surface area contributed by atoms with Crippen LogP contribution in [0.15, 0.2) is 30.5 Å². The lowest BCUT2D eigenvalue weighted by Gasteiger charge is -2.05. The van der Waals surface area contributed by atoms with E-state index in [1.165, 1.54) is 30.5 Å². The van der Waals surface area contributed by atoms with E-state index in [0.717, 1.165) is 29.7 Å². The fourth-order valence-electron chi connectivity index (χ4n) is 2.71. The van der Waals surface area contributed by atoms with Gasteiger partial charge >= 0.3 is 0 Å². The van der Waals surface area contributed by atoms with Crippen molar-refractivity contribution in [1.29, 1.82) is 0 Å². The zero-order valence-electron chi connectivity index (χ0n) is 12.3. The van der Waals surface area contributed by atoms with Crippen LogP contribution in [0, 0.1) is 0 Å². The quantitative estimate of drug-likeness (QED) is 0.649. The number of aryl methyl sites for hydroxylation is 2. The molecule has 0 unspecified atom stereocenters. The highest BCUT2D eigenvalue weighted by atomic mass is 15.0. The summed E-state index contributed by atoms with van der Waals surface area (Å²) in [6.45, 7) is 4.39. The lowest BCUT2D eigenvalue weighted by molar-refractivity contribution is 0.705. The first kappa shape index (κ1) is 13.1. The van der Waals surface area contributed by atoms with Gasteiger partial charge in [-0.25, -0.2) is 4.98 Å². The fourth-order valence-corrected chi connectivity index (χ4v) is 2.71. The van der Waals surface area contributed by atoms with Gasteiger partial charge < -0.3 is 0 Å². The van der Waals surface area contributed by atoms with E-state index in [1.54, 1.807) is 0 Å². The van der Waals surface area contributed by atoms with Gasteiger partial charge in [0.15, 0.2) is 0 Å². The van der Waals surface area contributed by atoms with Crippen molar-refractivity contribution in [2.75, 3.05) is 0 Å². The zero-order valence-corrected chi connectivity index (χ0v) is 12.3. The second-order valence-electron chi connectivity index (χ2n) is 5.28. The number of unbranched alkanes of at least 4 members (excludes halogenated alkanes) is 2. The van der Waals surface area contributed by atoms with Crippen LogP contribution in [0.25, 0.3) is 16.7 Å². The van der Waals surface area contributed by atoms with Gasteiger partial charge in [0, 0.05) is 11.9 Å². The number of hydrogen-bond donors (Lipinski definition) is 0. The molecule has 0 fully saturated rings. The van der Waals surface area contributed by atoms with Crippen LogP contribution >= 0.6 is 0 Å². The highest BCUT2D eigenvalue weighted by Gasteiger charge is 2.10. The van der Waals surface area contributed by atoms with Gasteiger partial charge in [-0.2, -0.15) is 0 Å². The zero-order chi connectivity index (χ0) is 13.9. The van der Waals surface area contributed by atoms with Crippen LogP contribution in [0.5, 0.6) is 0 Å². The fraction of sp³-hybridized carbons (Fsp3) is 0.412. The molecule has 104 valence electrons. The third-order valence-electron chi connectivity index (χ3n) is 3.79. The summed E-state index contributed by atoms with van der Waals surface area (Å²) >= 11 is 0.